The molecule has 2 aromatic heterocycles. The summed E-state index contributed by atoms with van der Waals surface area (Å²) in [6, 6.07) is 21.5. The average molecular weight is 462 g/mol. The number of methoxy groups -OCH3 is 1. The average Bonchev–Trinajstić information content (AvgIpc) is 3.46. The van der Waals surface area contributed by atoms with Crippen LogP contribution in [0.4, 0.5) is 0 Å². The van der Waals surface area contributed by atoms with Gasteiger partial charge in [-0.3, -0.25) is 4.79 Å². The molecule has 0 N–H and O–H groups in total. The van der Waals surface area contributed by atoms with Gasteiger partial charge in [0.25, 0.3) is 5.91 Å². The number of carbonyl (C=O) groups is 1. The number of para-hydroxylation sites is 1. The van der Waals surface area contributed by atoms with Gasteiger partial charge in [-0.15, -0.1) is 11.3 Å². The molecule has 2 aromatic carbocycles. The van der Waals surface area contributed by atoms with Crippen LogP contribution in [0.2, 0.25) is 0 Å². The Labute approximate surface area is 198 Å². The van der Waals surface area contributed by atoms with Crippen molar-refractivity contribution in [2.24, 2.45) is 0 Å². The number of carbonyl (C=O) groups excluding carboxylic acids is 1. The number of amides is 1. The minimum absolute atomic E-state index is 0.0320. The maximum Gasteiger partial charge on any atom is 0.264 e. The Morgan fingerprint density at radius 3 is 2.58 bits per heavy atom. The van der Waals surface area contributed by atoms with E-state index in [1.807, 2.05) is 86.0 Å². The Morgan fingerprint density at radius 1 is 1.06 bits per heavy atom. The molecule has 0 atom stereocenters. The predicted octanol–water partition coefficient (Wildman–Crippen LogP) is 5.63. The molecule has 0 fully saturated rings. The van der Waals surface area contributed by atoms with Gasteiger partial charge >= 0.3 is 0 Å². The van der Waals surface area contributed by atoms with Gasteiger partial charge < -0.3 is 14.4 Å². The van der Waals surface area contributed by atoms with Crippen LogP contribution < -0.4 is 4.74 Å². The maximum absolute atomic E-state index is 13.2. The Hall–Kier alpha value is -3.42. The number of rotatable bonds is 9. The van der Waals surface area contributed by atoms with Gasteiger partial charge in [0.2, 0.25) is 5.88 Å². The lowest BCUT2D eigenvalue weighted by molar-refractivity contribution is 0.0684. The lowest BCUT2D eigenvalue weighted by Gasteiger charge is -2.22. The summed E-state index contributed by atoms with van der Waals surface area (Å²) in [6.07, 6.45) is 0. The van der Waals surface area contributed by atoms with Crippen LogP contribution in [-0.4, -0.2) is 40.8 Å². The van der Waals surface area contributed by atoms with Crippen LogP contribution >= 0.6 is 11.3 Å². The number of aryl methyl sites for hydroxylation is 2. The molecule has 0 saturated heterocycles. The molecule has 170 valence electrons. The summed E-state index contributed by atoms with van der Waals surface area (Å²) in [5, 5.41) is 6.69. The summed E-state index contributed by atoms with van der Waals surface area (Å²) >= 11 is 1.43. The Kier molecular flexibility index (Phi) is 7.22. The molecule has 0 unspecified atom stereocenters. The molecule has 0 aliphatic rings. The normalized spacial score (nSPS) is 10.9. The largest absolute Gasteiger partial charge is 0.439 e. The topological polar surface area (TPSA) is 56.6 Å². The molecule has 0 saturated carbocycles. The monoisotopic (exact) mass is 461 g/mol. The number of aromatic nitrogens is 2. The highest BCUT2D eigenvalue weighted by Crippen LogP contribution is 2.32. The first-order valence-corrected chi connectivity index (χ1v) is 11.6. The number of benzene rings is 2. The molecule has 4 aromatic rings. The van der Waals surface area contributed by atoms with E-state index in [9.17, 15) is 4.79 Å². The van der Waals surface area contributed by atoms with Crippen LogP contribution in [0.3, 0.4) is 0 Å². The number of nitrogens with zero attached hydrogens (tertiary/aromatic N) is 3. The van der Waals surface area contributed by atoms with E-state index < -0.39 is 0 Å². The highest BCUT2D eigenvalue weighted by Gasteiger charge is 2.24. The minimum atomic E-state index is -0.0320. The van der Waals surface area contributed by atoms with E-state index in [0.717, 1.165) is 28.3 Å². The van der Waals surface area contributed by atoms with Gasteiger partial charge in [-0.2, -0.15) is 5.10 Å². The maximum atomic E-state index is 13.2. The fraction of sp³-hybridized carbons (Fsp3) is 0.231. The zero-order valence-electron chi connectivity index (χ0n) is 19.0. The van der Waals surface area contributed by atoms with E-state index >= 15 is 0 Å². The standard InChI is InChI=1S/C26H27N3O3S/c1-19-9-7-12-22(17-19)32-26-23(20(2)27-29(26)21-10-5-4-6-11-21)18-28(14-15-31-3)25(30)24-13-8-16-33-24/h4-13,16-17H,14-15,18H2,1-3H3. The molecule has 1 amide bonds. The van der Waals surface area contributed by atoms with E-state index in [1.54, 1.807) is 16.7 Å². The second-order valence-corrected chi connectivity index (χ2v) is 8.68. The molecular weight excluding hydrogens is 434 g/mol. The highest BCUT2D eigenvalue weighted by atomic mass is 32.1. The molecule has 0 aliphatic heterocycles. The van der Waals surface area contributed by atoms with Crippen molar-refractivity contribution in [3.8, 4) is 17.3 Å². The lowest BCUT2D eigenvalue weighted by Crippen LogP contribution is -2.33. The number of ether oxygens (including phenoxy) is 2. The van der Waals surface area contributed by atoms with Gasteiger partial charge in [0.15, 0.2) is 0 Å². The van der Waals surface area contributed by atoms with Crippen molar-refractivity contribution in [3.63, 3.8) is 0 Å². The summed E-state index contributed by atoms with van der Waals surface area (Å²) in [4.78, 5) is 15.7. The number of hydrogen-bond donors (Lipinski definition) is 0. The summed E-state index contributed by atoms with van der Waals surface area (Å²) < 4.78 is 13.5. The lowest BCUT2D eigenvalue weighted by atomic mass is 10.2. The predicted molar refractivity (Wildman–Crippen MR) is 130 cm³/mol. The fourth-order valence-electron chi connectivity index (χ4n) is 3.56. The van der Waals surface area contributed by atoms with E-state index in [4.69, 9.17) is 14.6 Å². The molecule has 6 nitrogen and oxygen atoms in total. The number of hydrogen-bond acceptors (Lipinski definition) is 5. The third-order valence-electron chi connectivity index (χ3n) is 5.28. The van der Waals surface area contributed by atoms with Crippen molar-refractivity contribution in [3.05, 3.63) is 93.8 Å². The van der Waals surface area contributed by atoms with Gasteiger partial charge in [0.05, 0.1) is 35.0 Å². The van der Waals surface area contributed by atoms with Crippen LogP contribution in [0.5, 0.6) is 11.6 Å². The van der Waals surface area contributed by atoms with Crippen molar-refractivity contribution >= 4 is 17.2 Å². The Bertz CT molecular complexity index is 1200. The summed E-state index contributed by atoms with van der Waals surface area (Å²) in [6.45, 7) is 5.24. The van der Waals surface area contributed by atoms with Crippen LogP contribution in [0, 0.1) is 13.8 Å². The van der Waals surface area contributed by atoms with Gasteiger partial charge in [-0.25, -0.2) is 4.68 Å². The Balaban J connectivity index is 1.75. The van der Waals surface area contributed by atoms with Crippen molar-refractivity contribution < 1.29 is 14.3 Å². The van der Waals surface area contributed by atoms with Crippen LogP contribution in [0.25, 0.3) is 5.69 Å². The summed E-state index contributed by atoms with van der Waals surface area (Å²) in [5.41, 5.74) is 3.66. The van der Waals surface area contributed by atoms with Crippen LogP contribution in [-0.2, 0) is 11.3 Å². The van der Waals surface area contributed by atoms with E-state index in [0.29, 0.717) is 30.5 Å². The molecule has 0 radical (unpaired) electrons. The Morgan fingerprint density at radius 2 is 1.88 bits per heavy atom. The molecular formula is C26H27N3O3S. The smallest absolute Gasteiger partial charge is 0.264 e. The molecule has 0 aliphatic carbocycles. The van der Waals surface area contributed by atoms with Crippen molar-refractivity contribution in [1.82, 2.24) is 14.7 Å². The molecule has 0 bridgehead atoms. The van der Waals surface area contributed by atoms with Gasteiger partial charge in [0, 0.05) is 13.7 Å². The first-order chi connectivity index (χ1) is 16.1. The molecule has 0 spiro atoms. The second-order valence-electron chi connectivity index (χ2n) is 7.73. The van der Waals surface area contributed by atoms with Crippen LogP contribution in [0.1, 0.15) is 26.5 Å². The molecule has 2 heterocycles. The van der Waals surface area contributed by atoms with Gasteiger partial charge in [-0.05, 0) is 55.1 Å². The second kappa shape index (κ2) is 10.5. The number of thiophene rings is 1. The minimum Gasteiger partial charge on any atom is -0.439 e. The van der Waals surface area contributed by atoms with Gasteiger partial charge in [-0.1, -0.05) is 36.4 Å². The SMILES string of the molecule is COCCN(Cc1c(C)nn(-c2ccccc2)c1Oc1cccc(C)c1)C(=O)c1cccs1. The zero-order valence-corrected chi connectivity index (χ0v) is 19.8. The van der Waals surface area contributed by atoms with Crippen molar-refractivity contribution in [2.45, 2.75) is 20.4 Å². The third kappa shape index (κ3) is 5.32. The summed E-state index contributed by atoms with van der Waals surface area (Å²) in [7, 11) is 1.64. The van der Waals surface area contributed by atoms with E-state index in [1.165, 1.54) is 11.3 Å². The summed E-state index contributed by atoms with van der Waals surface area (Å²) in [5.74, 6) is 1.29. The first kappa shape index (κ1) is 22.8. The highest BCUT2D eigenvalue weighted by molar-refractivity contribution is 7.12. The van der Waals surface area contributed by atoms with Gasteiger partial charge in [0.1, 0.15) is 5.75 Å². The van der Waals surface area contributed by atoms with E-state index in [2.05, 4.69) is 0 Å². The van der Waals surface area contributed by atoms with E-state index in [-0.39, 0.29) is 5.91 Å². The molecule has 7 heteroatoms. The quantitative estimate of drug-likeness (QED) is 0.324. The van der Waals surface area contributed by atoms with Crippen LogP contribution in [0.15, 0.2) is 72.1 Å². The fourth-order valence-corrected chi connectivity index (χ4v) is 4.25. The zero-order chi connectivity index (χ0) is 23.2. The molecule has 4 rings (SSSR count). The van der Waals surface area contributed by atoms with Crippen molar-refractivity contribution in [2.75, 3.05) is 20.3 Å². The van der Waals surface area contributed by atoms with Crippen molar-refractivity contribution in [1.29, 1.82) is 0 Å². The first-order valence-electron chi connectivity index (χ1n) is 10.8. The third-order valence-corrected chi connectivity index (χ3v) is 6.13. The molecule has 33 heavy (non-hydrogen) atoms.